The number of aromatic hydroxyl groups is 1. The van der Waals surface area contributed by atoms with Gasteiger partial charge in [-0.15, -0.1) is 0 Å². The molecule has 124 valence electrons. The molecule has 23 heavy (non-hydrogen) atoms. The highest BCUT2D eigenvalue weighted by molar-refractivity contribution is 7.89. The van der Waals surface area contributed by atoms with Gasteiger partial charge in [-0.1, -0.05) is 30.3 Å². The quantitative estimate of drug-likeness (QED) is 0.811. The number of sulfone groups is 1. The van der Waals surface area contributed by atoms with Crippen molar-refractivity contribution in [3.05, 3.63) is 59.2 Å². The van der Waals surface area contributed by atoms with Gasteiger partial charge in [0.25, 0.3) is 0 Å². The van der Waals surface area contributed by atoms with E-state index in [2.05, 4.69) is 5.32 Å². The van der Waals surface area contributed by atoms with Gasteiger partial charge in [0, 0.05) is 19.3 Å². The summed E-state index contributed by atoms with van der Waals surface area (Å²) in [6.45, 7) is 1.27. The number of nitrogens with one attached hydrogen (secondary N) is 1. The third-order valence-electron chi connectivity index (χ3n) is 3.35. The molecule has 0 bridgehead atoms. The zero-order valence-corrected chi connectivity index (χ0v) is 14.1. The molecule has 0 aliphatic rings. The SMILES string of the molecule is COc1ccc(CNCc2ccc(CS(C)(=O)=O)cc2)cc1O. The van der Waals surface area contributed by atoms with E-state index in [1.165, 1.54) is 13.4 Å². The van der Waals surface area contributed by atoms with E-state index in [9.17, 15) is 13.5 Å². The minimum atomic E-state index is -3.00. The van der Waals surface area contributed by atoms with Crippen molar-refractivity contribution < 1.29 is 18.3 Å². The molecule has 2 N–H and O–H groups in total. The smallest absolute Gasteiger partial charge is 0.160 e. The topological polar surface area (TPSA) is 75.6 Å². The van der Waals surface area contributed by atoms with Crippen molar-refractivity contribution in [3.8, 4) is 11.5 Å². The van der Waals surface area contributed by atoms with Crippen molar-refractivity contribution in [2.75, 3.05) is 13.4 Å². The van der Waals surface area contributed by atoms with Crippen molar-refractivity contribution in [2.45, 2.75) is 18.8 Å². The molecule has 0 saturated heterocycles. The Morgan fingerprint density at radius 3 is 2.13 bits per heavy atom. The second kappa shape index (κ2) is 7.48. The van der Waals surface area contributed by atoms with Crippen molar-refractivity contribution in [1.29, 1.82) is 0 Å². The molecule has 0 aromatic heterocycles. The molecule has 0 saturated carbocycles. The summed E-state index contributed by atoms with van der Waals surface area (Å²) in [4.78, 5) is 0. The van der Waals surface area contributed by atoms with Gasteiger partial charge in [0.05, 0.1) is 12.9 Å². The van der Waals surface area contributed by atoms with Crippen molar-refractivity contribution in [2.24, 2.45) is 0 Å². The van der Waals surface area contributed by atoms with Gasteiger partial charge in [-0.3, -0.25) is 0 Å². The molecule has 2 aromatic carbocycles. The molecule has 5 nitrogen and oxygen atoms in total. The highest BCUT2D eigenvalue weighted by Gasteiger charge is 2.05. The van der Waals surface area contributed by atoms with E-state index in [0.717, 1.165) is 16.7 Å². The van der Waals surface area contributed by atoms with Crippen LogP contribution in [0.1, 0.15) is 16.7 Å². The molecule has 6 heteroatoms. The summed E-state index contributed by atoms with van der Waals surface area (Å²) in [7, 11) is -1.49. The van der Waals surface area contributed by atoms with Crippen LogP contribution in [0.4, 0.5) is 0 Å². The van der Waals surface area contributed by atoms with Gasteiger partial charge in [-0.05, 0) is 28.8 Å². The largest absolute Gasteiger partial charge is 0.504 e. The van der Waals surface area contributed by atoms with Crippen LogP contribution in [-0.4, -0.2) is 26.9 Å². The molecule has 0 spiro atoms. The van der Waals surface area contributed by atoms with E-state index < -0.39 is 9.84 Å². The zero-order chi connectivity index (χ0) is 16.9. The minimum Gasteiger partial charge on any atom is -0.504 e. The average Bonchev–Trinajstić information content (AvgIpc) is 2.48. The summed E-state index contributed by atoms with van der Waals surface area (Å²) >= 11 is 0. The van der Waals surface area contributed by atoms with Crippen LogP contribution in [-0.2, 0) is 28.7 Å². The molecule has 0 radical (unpaired) electrons. The second-order valence-electron chi connectivity index (χ2n) is 5.50. The van der Waals surface area contributed by atoms with E-state index in [4.69, 9.17) is 4.74 Å². The maximum Gasteiger partial charge on any atom is 0.160 e. The summed E-state index contributed by atoms with van der Waals surface area (Å²) < 4.78 is 27.5. The first-order chi connectivity index (χ1) is 10.9. The van der Waals surface area contributed by atoms with Crippen LogP contribution in [0.3, 0.4) is 0 Å². The van der Waals surface area contributed by atoms with E-state index in [1.807, 2.05) is 30.3 Å². The lowest BCUT2D eigenvalue weighted by Gasteiger charge is -2.08. The highest BCUT2D eigenvalue weighted by atomic mass is 32.2. The van der Waals surface area contributed by atoms with Crippen molar-refractivity contribution >= 4 is 9.84 Å². The Kier molecular flexibility index (Phi) is 5.63. The molecular formula is C17H21NO4S. The molecule has 0 fully saturated rings. The molecular weight excluding hydrogens is 314 g/mol. The fourth-order valence-corrected chi connectivity index (χ4v) is 3.05. The van der Waals surface area contributed by atoms with Gasteiger partial charge < -0.3 is 15.2 Å². The molecule has 0 atom stereocenters. The van der Waals surface area contributed by atoms with Crippen LogP contribution in [0, 0.1) is 0 Å². The molecule has 2 aromatic rings. The van der Waals surface area contributed by atoms with Gasteiger partial charge in [-0.25, -0.2) is 8.42 Å². The van der Waals surface area contributed by atoms with Crippen LogP contribution in [0.25, 0.3) is 0 Å². The van der Waals surface area contributed by atoms with E-state index in [-0.39, 0.29) is 11.5 Å². The standard InChI is InChI=1S/C17H21NO4S/c1-22-17-8-7-15(9-16(17)19)11-18-10-13-3-5-14(6-4-13)12-23(2,20)21/h3-9,18-19H,10-12H2,1-2H3. The lowest BCUT2D eigenvalue weighted by atomic mass is 10.1. The third-order valence-corrected chi connectivity index (χ3v) is 4.21. The zero-order valence-electron chi connectivity index (χ0n) is 13.2. The van der Waals surface area contributed by atoms with Crippen LogP contribution < -0.4 is 10.1 Å². The minimum absolute atomic E-state index is 0.0613. The average molecular weight is 335 g/mol. The maximum atomic E-state index is 11.2. The van der Waals surface area contributed by atoms with Gasteiger partial charge in [0.1, 0.15) is 0 Å². The lowest BCUT2D eigenvalue weighted by Crippen LogP contribution is -2.12. The summed E-state index contributed by atoms with van der Waals surface area (Å²) in [5.74, 6) is 0.637. The Morgan fingerprint density at radius 2 is 1.57 bits per heavy atom. The van der Waals surface area contributed by atoms with Crippen LogP contribution in [0.2, 0.25) is 0 Å². The Balaban J connectivity index is 1.88. The number of phenolic OH excluding ortho intramolecular Hbond substituents is 1. The molecule has 0 heterocycles. The lowest BCUT2D eigenvalue weighted by molar-refractivity contribution is 0.373. The van der Waals surface area contributed by atoms with Crippen LogP contribution in [0.15, 0.2) is 42.5 Å². The number of ether oxygens (including phenoxy) is 1. The van der Waals surface area contributed by atoms with Crippen LogP contribution in [0.5, 0.6) is 11.5 Å². The number of hydrogen-bond donors (Lipinski definition) is 2. The van der Waals surface area contributed by atoms with Crippen LogP contribution >= 0.6 is 0 Å². The first-order valence-corrected chi connectivity index (χ1v) is 9.25. The van der Waals surface area contributed by atoms with E-state index in [1.54, 1.807) is 12.1 Å². The predicted molar refractivity (Wildman–Crippen MR) is 90.2 cm³/mol. The monoisotopic (exact) mass is 335 g/mol. The fourth-order valence-electron chi connectivity index (χ4n) is 2.25. The molecule has 0 amide bonds. The summed E-state index contributed by atoms with van der Waals surface area (Å²) in [6.07, 6.45) is 1.23. The normalized spacial score (nSPS) is 11.4. The Hall–Kier alpha value is -2.05. The summed E-state index contributed by atoms with van der Waals surface area (Å²) in [6, 6.07) is 12.8. The van der Waals surface area contributed by atoms with E-state index in [0.29, 0.717) is 18.8 Å². The number of hydrogen-bond acceptors (Lipinski definition) is 5. The Bertz CT molecular complexity index is 755. The van der Waals surface area contributed by atoms with Crippen molar-refractivity contribution in [1.82, 2.24) is 5.32 Å². The van der Waals surface area contributed by atoms with E-state index >= 15 is 0 Å². The third kappa shape index (κ3) is 5.58. The molecule has 0 aliphatic carbocycles. The molecule has 0 unspecified atom stereocenters. The van der Waals surface area contributed by atoms with Gasteiger partial charge >= 0.3 is 0 Å². The second-order valence-corrected chi connectivity index (χ2v) is 7.64. The van der Waals surface area contributed by atoms with Gasteiger partial charge in [0.15, 0.2) is 21.3 Å². The maximum absolute atomic E-state index is 11.2. The predicted octanol–water partition coefficient (Wildman–Crippen LogP) is 2.24. The Labute approximate surface area is 136 Å². The first kappa shape index (κ1) is 17.3. The highest BCUT2D eigenvalue weighted by Crippen LogP contribution is 2.26. The number of benzene rings is 2. The van der Waals surface area contributed by atoms with Gasteiger partial charge in [0.2, 0.25) is 0 Å². The first-order valence-electron chi connectivity index (χ1n) is 7.19. The van der Waals surface area contributed by atoms with Crippen molar-refractivity contribution in [3.63, 3.8) is 0 Å². The summed E-state index contributed by atoms with van der Waals surface area (Å²) in [5.41, 5.74) is 2.81. The fraction of sp³-hybridized carbons (Fsp3) is 0.294. The number of rotatable bonds is 7. The summed E-state index contributed by atoms with van der Waals surface area (Å²) in [5, 5.41) is 13.0. The number of phenols is 1. The molecule has 2 rings (SSSR count). The van der Waals surface area contributed by atoms with Gasteiger partial charge in [-0.2, -0.15) is 0 Å². The number of methoxy groups -OCH3 is 1. The Morgan fingerprint density at radius 1 is 1.00 bits per heavy atom. The molecule has 0 aliphatic heterocycles.